The van der Waals surface area contributed by atoms with E-state index in [1.54, 1.807) is 11.3 Å². The predicted molar refractivity (Wildman–Crippen MR) is 155 cm³/mol. The second-order valence-electron chi connectivity index (χ2n) is 10.8. The maximum Gasteiger partial charge on any atom is 0.246 e. The molecule has 0 bridgehead atoms. The van der Waals surface area contributed by atoms with Gasteiger partial charge in [-0.15, -0.1) is 11.3 Å². The van der Waals surface area contributed by atoms with Crippen LogP contribution in [0.1, 0.15) is 56.4 Å². The molecule has 4 N–H and O–H groups in total. The van der Waals surface area contributed by atoms with E-state index in [0.29, 0.717) is 45.4 Å². The van der Waals surface area contributed by atoms with Crippen LogP contribution >= 0.6 is 11.3 Å². The van der Waals surface area contributed by atoms with Crippen molar-refractivity contribution in [2.75, 3.05) is 19.7 Å². The van der Waals surface area contributed by atoms with Gasteiger partial charge in [-0.25, -0.2) is 0 Å². The van der Waals surface area contributed by atoms with E-state index in [1.807, 2.05) is 53.9 Å². The van der Waals surface area contributed by atoms with Gasteiger partial charge in [0.15, 0.2) is 0 Å². The van der Waals surface area contributed by atoms with Crippen molar-refractivity contribution in [3.8, 4) is 5.75 Å². The molecule has 3 amide bonds. The first-order valence-corrected chi connectivity index (χ1v) is 14.8. The van der Waals surface area contributed by atoms with Crippen molar-refractivity contribution in [3.63, 3.8) is 0 Å². The monoisotopic (exact) mass is 552 g/mol. The number of amides is 3. The lowest BCUT2D eigenvalue weighted by atomic mass is 9.93. The summed E-state index contributed by atoms with van der Waals surface area (Å²) in [5, 5.41) is 14.4. The summed E-state index contributed by atoms with van der Waals surface area (Å²) in [6, 6.07) is 10.4. The van der Waals surface area contributed by atoms with Crippen molar-refractivity contribution in [1.82, 2.24) is 21.3 Å². The number of hydrogen-bond acceptors (Lipinski definition) is 6. The summed E-state index contributed by atoms with van der Waals surface area (Å²) in [7, 11) is 0. The van der Waals surface area contributed by atoms with Gasteiger partial charge in [-0.3, -0.25) is 14.4 Å². The zero-order valence-electron chi connectivity index (χ0n) is 22.8. The molecule has 1 aliphatic heterocycles. The molecular weight excluding hydrogens is 512 g/mol. The van der Waals surface area contributed by atoms with Crippen LogP contribution in [0.4, 0.5) is 0 Å². The second-order valence-corrected chi connectivity index (χ2v) is 11.8. The smallest absolute Gasteiger partial charge is 0.246 e. The van der Waals surface area contributed by atoms with Crippen LogP contribution in [0, 0.1) is 5.92 Å². The zero-order valence-corrected chi connectivity index (χ0v) is 23.6. The lowest BCUT2D eigenvalue weighted by molar-refractivity contribution is -0.136. The highest BCUT2D eigenvalue weighted by atomic mass is 32.1. The first-order chi connectivity index (χ1) is 18.9. The number of nitrogens with one attached hydrogen (secondary N) is 4. The Morgan fingerprint density at radius 1 is 1.03 bits per heavy atom. The van der Waals surface area contributed by atoms with E-state index in [2.05, 4.69) is 35.1 Å². The third-order valence-corrected chi connectivity index (χ3v) is 8.14. The van der Waals surface area contributed by atoms with Crippen molar-refractivity contribution in [1.29, 1.82) is 0 Å². The van der Waals surface area contributed by atoms with Crippen molar-refractivity contribution >= 4 is 35.1 Å². The molecule has 1 spiro atoms. The Kier molecular flexibility index (Phi) is 10.2. The Balaban J connectivity index is 1.61. The predicted octanol–water partition coefficient (Wildman–Crippen LogP) is 3.43. The molecule has 210 valence electrons. The normalized spacial score (nSPS) is 23.6. The van der Waals surface area contributed by atoms with E-state index < -0.39 is 17.6 Å². The third-order valence-electron chi connectivity index (χ3n) is 7.25. The van der Waals surface area contributed by atoms with Crippen molar-refractivity contribution in [2.24, 2.45) is 5.92 Å². The van der Waals surface area contributed by atoms with Gasteiger partial charge in [0.1, 0.15) is 23.9 Å². The molecule has 2 heterocycles. The first kappa shape index (κ1) is 28.8. The number of thiophene rings is 1. The van der Waals surface area contributed by atoms with Crippen molar-refractivity contribution in [2.45, 2.75) is 70.0 Å². The van der Waals surface area contributed by atoms with E-state index in [9.17, 15) is 14.4 Å². The molecule has 9 heteroatoms. The van der Waals surface area contributed by atoms with Gasteiger partial charge in [0, 0.05) is 30.0 Å². The fourth-order valence-corrected chi connectivity index (χ4v) is 5.96. The van der Waals surface area contributed by atoms with Gasteiger partial charge in [-0.1, -0.05) is 63.1 Å². The Labute approximate surface area is 235 Å². The lowest BCUT2D eigenvalue weighted by Crippen LogP contribution is -2.63. The van der Waals surface area contributed by atoms with Crippen LogP contribution in [0.3, 0.4) is 0 Å². The summed E-state index contributed by atoms with van der Waals surface area (Å²) in [5.41, 5.74) is -0.126. The van der Waals surface area contributed by atoms with Crippen LogP contribution in [-0.4, -0.2) is 55.0 Å². The van der Waals surface area contributed by atoms with Gasteiger partial charge in [0.2, 0.25) is 17.7 Å². The number of rotatable bonds is 4. The van der Waals surface area contributed by atoms with E-state index >= 15 is 0 Å². The summed E-state index contributed by atoms with van der Waals surface area (Å²) in [4.78, 5) is 41.6. The van der Waals surface area contributed by atoms with Crippen molar-refractivity contribution in [3.05, 3.63) is 58.3 Å². The Morgan fingerprint density at radius 3 is 2.56 bits per heavy atom. The third kappa shape index (κ3) is 7.92. The van der Waals surface area contributed by atoms with Crippen LogP contribution in [0.5, 0.6) is 5.75 Å². The Hall–Kier alpha value is -3.17. The SMILES string of the molecule is CC(C)C[C@@H]1NCCOc2ccccc2/C=C\CNC(=O)[C@H](Cc2cccs2)NC(=O)C2(CCCC2)NC1=O. The average Bonchev–Trinajstić information content (AvgIpc) is 3.61. The summed E-state index contributed by atoms with van der Waals surface area (Å²) in [6.45, 7) is 5.33. The number of ether oxygens (including phenoxy) is 1. The van der Waals surface area contributed by atoms with Crippen LogP contribution in [-0.2, 0) is 20.8 Å². The Bertz CT molecular complexity index is 1140. The van der Waals surface area contributed by atoms with Crippen LogP contribution in [0.2, 0.25) is 0 Å². The molecule has 39 heavy (non-hydrogen) atoms. The molecule has 0 radical (unpaired) electrons. The molecule has 0 unspecified atom stereocenters. The minimum atomic E-state index is -1.03. The lowest BCUT2D eigenvalue weighted by Gasteiger charge is -2.33. The fourth-order valence-electron chi connectivity index (χ4n) is 5.21. The van der Waals surface area contributed by atoms with Crippen LogP contribution < -0.4 is 26.0 Å². The highest BCUT2D eigenvalue weighted by Gasteiger charge is 2.44. The highest BCUT2D eigenvalue weighted by Crippen LogP contribution is 2.31. The number of benzene rings is 1. The van der Waals surface area contributed by atoms with E-state index in [-0.39, 0.29) is 23.6 Å². The Morgan fingerprint density at radius 2 is 1.82 bits per heavy atom. The van der Waals surface area contributed by atoms with Crippen molar-refractivity contribution < 1.29 is 19.1 Å². The molecule has 1 aromatic carbocycles. The first-order valence-electron chi connectivity index (χ1n) is 13.9. The van der Waals surface area contributed by atoms with Crippen LogP contribution in [0.15, 0.2) is 47.9 Å². The number of fused-ring (bicyclic) bond motifs is 1. The van der Waals surface area contributed by atoms with Gasteiger partial charge in [-0.2, -0.15) is 0 Å². The van der Waals surface area contributed by atoms with E-state index in [0.717, 1.165) is 29.0 Å². The summed E-state index contributed by atoms with van der Waals surface area (Å²) >= 11 is 1.55. The number of hydrogen-bond donors (Lipinski definition) is 4. The van der Waals surface area contributed by atoms with Crippen LogP contribution in [0.25, 0.3) is 6.08 Å². The summed E-state index contributed by atoms with van der Waals surface area (Å²) in [5.74, 6) is 0.281. The number of carbonyl (C=O) groups excluding carboxylic acids is 3. The van der Waals surface area contributed by atoms with E-state index in [1.165, 1.54) is 0 Å². The summed E-state index contributed by atoms with van der Waals surface area (Å²) < 4.78 is 6.03. The average molecular weight is 553 g/mol. The standard InChI is InChI=1S/C30H40N4O4S/c1-21(2)19-24-28(36)34-30(13-5-6-14-30)29(37)33-25(20-23-11-8-18-39-23)27(35)32-15-7-10-22-9-3-4-12-26(22)38-17-16-31-24/h3-4,7-12,18,21,24-25,31H,5-6,13-17,19-20H2,1-2H3,(H,32,35)(H,33,37)(H,34,36)/b10-7-/t24-,25-/m0/s1. The van der Waals surface area contributed by atoms with Gasteiger partial charge < -0.3 is 26.0 Å². The number of carbonyl (C=O) groups is 3. The zero-order chi connectivity index (χ0) is 27.7. The largest absolute Gasteiger partial charge is 0.492 e. The van der Waals surface area contributed by atoms with Gasteiger partial charge in [-0.05, 0) is 42.7 Å². The molecule has 2 atom stereocenters. The molecular formula is C30H40N4O4S. The molecule has 1 fully saturated rings. The molecule has 2 aromatic rings. The van der Waals surface area contributed by atoms with Gasteiger partial charge >= 0.3 is 0 Å². The summed E-state index contributed by atoms with van der Waals surface area (Å²) in [6.07, 6.45) is 7.60. The second kappa shape index (κ2) is 13.8. The molecule has 4 rings (SSSR count). The topological polar surface area (TPSA) is 109 Å². The minimum Gasteiger partial charge on any atom is -0.492 e. The quantitative estimate of drug-likeness (QED) is 0.465. The molecule has 0 saturated heterocycles. The maximum atomic E-state index is 13.8. The molecule has 1 saturated carbocycles. The number of para-hydroxylation sites is 1. The molecule has 1 aromatic heterocycles. The van der Waals surface area contributed by atoms with Gasteiger partial charge in [0.05, 0.1) is 6.04 Å². The molecule has 1 aliphatic carbocycles. The van der Waals surface area contributed by atoms with Gasteiger partial charge in [0.25, 0.3) is 0 Å². The molecule has 8 nitrogen and oxygen atoms in total. The minimum absolute atomic E-state index is 0.190. The fraction of sp³-hybridized carbons (Fsp3) is 0.500. The highest BCUT2D eigenvalue weighted by molar-refractivity contribution is 7.09. The maximum absolute atomic E-state index is 13.8. The molecule has 2 aliphatic rings. The van der Waals surface area contributed by atoms with E-state index in [4.69, 9.17) is 4.74 Å².